The average molecular weight is 678 g/mol. The van der Waals surface area contributed by atoms with Crippen LogP contribution in [0, 0.1) is 6.92 Å². The number of hydrogen-bond donors (Lipinski definition) is 0. The van der Waals surface area contributed by atoms with Crippen molar-refractivity contribution in [3.63, 3.8) is 0 Å². The summed E-state index contributed by atoms with van der Waals surface area (Å²) >= 11 is 0. The molecular formula is C42H35N3O6. The number of carbonyl (C=O) groups is 2. The highest BCUT2D eigenvalue weighted by Crippen LogP contribution is 2.33. The van der Waals surface area contributed by atoms with Crippen LogP contribution in [-0.4, -0.2) is 40.0 Å². The van der Waals surface area contributed by atoms with E-state index in [1.54, 1.807) is 0 Å². The van der Waals surface area contributed by atoms with Gasteiger partial charge in [0.2, 0.25) is 5.89 Å². The zero-order valence-corrected chi connectivity index (χ0v) is 28.2. The Morgan fingerprint density at radius 2 is 1.55 bits per heavy atom. The molecule has 3 heterocycles. The maximum Gasteiger partial charge on any atom is 0.360 e. The zero-order chi connectivity index (χ0) is 35.2. The fourth-order valence-corrected chi connectivity index (χ4v) is 6.12. The molecule has 7 aromatic rings. The normalized spacial score (nSPS) is 11.6. The second kappa shape index (κ2) is 15.0. The molecule has 0 amide bonds. The van der Waals surface area contributed by atoms with E-state index in [2.05, 4.69) is 9.97 Å². The number of ether oxygens (including phenoxy) is 2. The predicted octanol–water partition coefficient (Wildman–Crippen LogP) is 8.44. The van der Waals surface area contributed by atoms with Crippen molar-refractivity contribution in [1.82, 2.24) is 14.5 Å². The molecule has 0 saturated heterocycles. The summed E-state index contributed by atoms with van der Waals surface area (Å²) in [5.74, 6) is 1.54. The third kappa shape index (κ3) is 7.28. The monoisotopic (exact) mass is 677 g/mol. The maximum absolute atomic E-state index is 13.7. The quantitative estimate of drug-likeness (QED) is 0.0884. The first-order chi connectivity index (χ1) is 25.0. The SMILES string of the molecule is COC(=O)c1coc(CC(c2ccc(OCCc3nc(-c4ccccc4)oc3C)cc2)c2cccn2-c2ccccc2C(=O)c2ccccc2)n1. The van der Waals surface area contributed by atoms with Gasteiger partial charge < -0.3 is 22.9 Å². The maximum atomic E-state index is 13.7. The number of aryl methyl sites for hydroxylation is 1. The number of benzene rings is 4. The first-order valence-electron chi connectivity index (χ1n) is 16.6. The fraction of sp³-hybridized carbons (Fsp3) is 0.143. The molecule has 0 bridgehead atoms. The molecule has 9 nitrogen and oxygen atoms in total. The third-order valence-corrected chi connectivity index (χ3v) is 8.71. The second-order valence-corrected chi connectivity index (χ2v) is 11.9. The molecule has 3 aromatic heterocycles. The minimum Gasteiger partial charge on any atom is -0.493 e. The lowest BCUT2D eigenvalue weighted by Gasteiger charge is -2.21. The summed E-state index contributed by atoms with van der Waals surface area (Å²) < 4.78 is 24.7. The summed E-state index contributed by atoms with van der Waals surface area (Å²) in [4.78, 5) is 35.0. The van der Waals surface area contributed by atoms with Gasteiger partial charge in [-0.3, -0.25) is 4.79 Å². The molecule has 0 aliphatic rings. The van der Waals surface area contributed by atoms with Gasteiger partial charge in [0, 0.05) is 47.3 Å². The largest absolute Gasteiger partial charge is 0.493 e. The van der Waals surface area contributed by atoms with E-state index in [9.17, 15) is 9.59 Å². The Kier molecular flexibility index (Phi) is 9.69. The predicted molar refractivity (Wildman–Crippen MR) is 191 cm³/mol. The second-order valence-electron chi connectivity index (χ2n) is 11.9. The number of ketones is 1. The number of carbonyl (C=O) groups excluding carboxylic acids is 2. The summed E-state index contributed by atoms with van der Waals surface area (Å²) in [6, 6.07) is 38.5. The first kappa shape index (κ1) is 33.0. The molecule has 0 aliphatic heterocycles. The molecule has 254 valence electrons. The van der Waals surface area contributed by atoms with Crippen molar-refractivity contribution in [1.29, 1.82) is 0 Å². The van der Waals surface area contributed by atoms with Gasteiger partial charge in [0.25, 0.3) is 0 Å². The van der Waals surface area contributed by atoms with Crippen molar-refractivity contribution < 1.29 is 27.9 Å². The van der Waals surface area contributed by atoms with Gasteiger partial charge in [-0.2, -0.15) is 0 Å². The van der Waals surface area contributed by atoms with E-state index < -0.39 is 5.97 Å². The van der Waals surface area contributed by atoms with Crippen LogP contribution in [0.4, 0.5) is 0 Å². The summed E-state index contributed by atoms with van der Waals surface area (Å²) in [5.41, 5.74) is 5.69. The van der Waals surface area contributed by atoms with Crippen molar-refractivity contribution in [2.75, 3.05) is 13.7 Å². The molecule has 0 aliphatic carbocycles. The molecule has 0 saturated carbocycles. The van der Waals surface area contributed by atoms with E-state index in [0.29, 0.717) is 48.1 Å². The van der Waals surface area contributed by atoms with Crippen molar-refractivity contribution in [2.45, 2.75) is 25.7 Å². The third-order valence-electron chi connectivity index (χ3n) is 8.71. The highest BCUT2D eigenvalue weighted by Gasteiger charge is 2.25. The van der Waals surface area contributed by atoms with E-state index in [1.165, 1.54) is 13.4 Å². The van der Waals surface area contributed by atoms with Crippen LogP contribution < -0.4 is 4.74 Å². The Labute approximate surface area is 295 Å². The summed E-state index contributed by atoms with van der Waals surface area (Å²) in [5, 5.41) is 0. The molecule has 51 heavy (non-hydrogen) atoms. The van der Waals surface area contributed by atoms with Gasteiger partial charge in [-0.1, -0.05) is 72.8 Å². The van der Waals surface area contributed by atoms with E-state index in [0.717, 1.165) is 34.0 Å². The zero-order valence-electron chi connectivity index (χ0n) is 28.2. The lowest BCUT2D eigenvalue weighted by Crippen LogP contribution is -2.14. The Bertz CT molecular complexity index is 2250. The van der Waals surface area contributed by atoms with Gasteiger partial charge in [-0.05, 0) is 61.0 Å². The molecule has 7 rings (SSSR count). The van der Waals surface area contributed by atoms with Crippen LogP contribution in [0.15, 0.2) is 143 Å². The van der Waals surface area contributed by atoms with Gasteiger partial charge in [-0.25, -0.2) is 14.8 Å². The number of rotatable bonds is 13. The number of para-hydroxylation sites is 1. The van der Waals surface area contributed by atoms with Crippen LogP contribution in [0.3, 0.4) is 0 Å². The van der Waals surface area contributed by atoms with Gasteiger partial charge >= 0.3 is 5.97 Å². The van der Waals surface area contributed by atoms with Crippen LogP contribution in [0.1, 0.15) is 60.9 Å². The average Bonchev–Trinajstić information content (AvgIpc) is 3.95. The number of esters is 1. The molecule has 0 spiro atoms. The number of nitrogens with zero attached hydrogens (tertiary/aromatic N) is 3. The van der Waals surface area contributed by atoms with Crippen molar-refractivity contribution in [2.24, 2.45) is 0 Å². The van der Waals surface area contributed by atoms with Crippen LogP contribution in [0.2, 0.25) is 0 Å². The van der Waals surface area contributed by atoms with Gasteiger partial charge in [0.15, 0.2) is 17.4 Å². The van der Waals surface area contributed by atoms with Crippen molar-refractivity contribution in [3.8, 4) is 22.9 Å². The molecule has 4 aromatic carbocycles. The Morgan fingerprint density at radius 1 is 0.824 bits per heavy atom. The highest BCUT2D eigenvalue weighted by molar-refractivity contribution is 6.11. The van der Waals surface area contributed by atoms with Crippen molar-refractivity contribution in [3.05, 3.63) is 179 Å². The lowest BCUT2D eigenvalue weighted by molar-refractivity contribution is 0.0593. The molecule has 9 heteroatoms. The first-order valence-corrected chi connectivity index (χ1v) is 16.6. The lowest BCUT2D eigenvalue weighted by atomic mass is 9.91. The number of methoxy groups -OCH3 is 1. The van der Waals surface area contributed by atoms with E-state index >= 15 is 0 Å². The van der Waals surface area contributed by atoms with Crippen LogP contribution in [0.5, 0.6) is 5.75 Å². The fourth-order valence-electron chi connectivity index (χ4n) is 6.12. The van der Waals surface area contributed by atoms with Crippen LogP contribution in [0.25, 0.3) is 17.1 Å². The topological polar surface area (TPSA) is 110 Å². The smallest absolute Gasteiger partial charge is 0.360 e. The molecule has 0 fully saturated rings. The van der Waals surface area contributed by atoms with E-state index in [1.807, 2.05) is 139 Å². The number of aromatic nitrogens is 3. The number of hydrogen-bond acceptors (Lipinski definition) is 8. The molecule has 1 atom stereocenters. The molecule has 0 N–H and O–H groups in total. The van der Waals surface area contributed by atoms with Crippen LogP contribution in [-0.2, 0) is 17.6 Å². The van der Waals surface area contributed by atoms with E-state index in [4.69, 9.17) is 18.3 Å². The minimum absolute atomic E-state index is 0.0728. The van der Waals surface area contributed by atoms with Gasteiger partial charge in [0.05, 0.1) is 25.1 Å². The van der Waals surface area contributed by atoms with E-state index in [-0.39, 0.29) is 17.4 Å². The van der Waals surface area contributed by atoms with Crippen LogP contribution >= 0.6 is 0 Å². The summed E-state index contributed by atoms with van der Waals surface area (Å²) in [6.45, 7) is 2.34. The molecule has 1 unspecified atom stereocenters. The standard InChI is InChI=1S/C42H35N3O6/c1-28-35(44-41(51-28)31-14-7-4-8-15-31)23-25-49-32-21-19-29(20-22-32)34(26-39-43-36(27-50-39)42(47)48-2)38-18-11-24-45(38)37-17-10-9-16-33(37)40(46)30-12-5-3-6-13-30/h3-22,24,27,34H,23,25-26H2,1-2H3. The highest BCUT2D eigenvalue weighted by atomic mass is 16.5. The summed E-state index contributed by atoms with van der Waals surface area (Å²) in [6.07, 6.45) is 4.18. The van der Waals surface area contributed by atoms with Crippen molar-refractivity contribution >= 4 is 11.8 Å². The molecular weight excluding hydrogens is 642 g/mol. The Hall–Kier alpha value is -6.48. The Morgan fingerprint density at radius 3 is 2.31 bits per heavy atom. The summed E-state index contributed by atoms with van der Waals surface area (Å²) in [7, 11) is 1.30. The number of oxazole rings is 2. The van der Waals surface area contributed by atoms with Gasteiger partial charge in [0.1, 0.15) is 17.8 Å². The molecule has 0 radical (unpaired) electrons. The Balaban J connectivity index is 1.15. The minimum atomic E-state index is -0.572. The van der Waals surface area contributed by atoms with Gasteiger partial charge in [-0.15, -0.1) is 0 Å².